The lowest BCUT2D eigenvalue weighted by Gasteiger charge is -2.06. The van der Waals surface area contributed by atoms with Gasteiger partial charge in [-0.3, -0.25) is 4.79 Å². The molecular weight excluding hydrogens is 275 g/mol. The van der Waals surface area contributed by atoms with E-state index in [1.54, 1.807) is 24.3 Å². The third kappa shape index (κ3) is 3.03. The Morgan fingerprint density at radius 3 is 2.53 bits per heavy atom. The fourth-order valence-corrected chi connectivity index (χ4v) is 2.78. The van der Waals surface area contributed by atoms with E-state index in [2.05, 4.69) is 0 Å². The first-order valence-electron chi connectivity index (χ1n) is 4.88. The summed E-state index contributed by atoms with van der Waals surface area (Å²) >= 11 is 13.4. The largest absolute Gasteiger partial charge is 0.298 e. The molecule has 2 rings (SSSR count). The maximum atomic E-state index is 10.9. The van der Waals surface area contributed by atoms with Gasteiger partial charge < -0.3 is 0 Å². The van der Waals surface area contributed by atoms with Crippen LogP contribution in [0.2, 0.25) is 10.0 Å². The van der Waals surface area contributed by atoms with Gasteiger partial charge in [-0.15, -0.1) is 0 Å². The summed E-state index contributed by atoms with van der Waals surface area (Å²) in [5.41, 5.74) is 0.647. The van der Waals surface area contributed by atoms with Gasteiger partial charge in [0.15, 0.2) is 6.29 Å². The molecule has 0 fully saturated rings. The van der Waals surface area contributed by atoms with Crippen molar-refractivity contribution in [2.75, 3.05) is 0 Å². The van der Waals surface area contributed by atoms with Gasteiger partial charge in [-0.2, -0.15) is 0 Å². The average Bonchev–Trinajstić information content (AvgIpc) is 2.34. The van der Waals surface area contributed by atoms with E-state index in [-0.39, 0.29) is 0 Å². The van der Waals surface area contributed by atoms with E-state index in [1.807, 2.05) is 18.2 Å². The first kappa shape index (κ1) is 12.5. The van der Waals surface area contributed by atoms with Crippen LogP contribution >= 0.6 is 35.0 Å². The van der Waals surface area contributed by atoms with Gasteiger partial charge in [-0.1, -0.05) is 53.2 Å². The second-order valence-corrected chi connectivity index (χ2v) is 5.26. The van der Waals surface area contributed by atoms with E-state index < -0.39 is 0 Å². The molecule has 0 aliphatic carbocycles. The van der Waals surface area contributed by atoms with Gasteiger partial charge in [0.2, 0.25) is 0 Å². The summed E-state index contributed by atoms with van der Waals surface area (Å²) in [6.07, 6.45) is 0.834. The normalized spacial score (nSPS) is 10.2. The quantitative estimate of drug-likeness (QED) is 0.741. The molecule has 86 valence electrons. The van der Waals surface area contributed by atoms with Gasteiger partial charge in [-0.25, -0.2) is 0 Å². The van der Waals surface area contributed by atoms with Crippen LogP contribution in [-0.2, 0) is 0 Å². The minimum atomic E-state index is 0.625. The van der Waals surface area contributed by atoms with Crippen LogP contribution in [0.15, 0.2) is 52.3 Å². The van der Waals surface area contributed by atoms with Gasteiger partial charge in [0.25, 0.3) is 0 Å². The summed E-state index contributed by atoms with van der Waals surface area (Å²) in [6.45, 7) is 0. The highest BCUT2D eigenvalue weighted by Crippen LogP contribution is 2.36. The predicted molar refractivity (Wildman–Crippen MR) is 72.4 cm³/mol. The number of hydrogen-bond acceptors (Lipinski definition) is 2. The molecule has 2 aromatic carbocycles. The Balaban J connectivity index is 2.37. The summed E-state index contributed by atoms with van der Waals surface area (Å²) in [4.78, 5) is 12.6. The van der Waals surface area contributed by atoms with Gasteiger partial charge in [0, 0.05) is 20.4 Å². The predicted octanol–water partition coefficient (Wildman–Crippen LogP) is 4.96. The maximum absolute atomic E-state index is 10.9. The molecule has 0 atom stereocenters. The Morgan fingerprint density at radius 2 is 1.76 bits per heavy atom. The molecule has 2 aromatic rings. The van der Waals surface area contributed by atoms with Gasteiger partial charge in [0.1, 0.15) is 0 Å². The Hall–Kier alpha value is -0.960. The smallest absolute Gasteiger partial charge is 0.151 e. The maximum Gasteiger partial charge on any atom is 0.151 e. The van der Waals surface area contributed by atoms with Crippen LogP contribution in [0.1, 0.15) is 10.4 Å². The highest BCUT2D eigenvalue weighted by molar-refractivity contribution is 7.99. The summed E-state index contributed by atoms with van der Waals surface area (Å²) in [5, 5.41) is 1.25. The molecule has 0 aromatic heterocycles. The molecule has 0 radical (unpaired) electrons. The molecule has 0 saturated heterocycles. The summed E-state index contributed by atoms with van der Waals surface area (Å²) in [6, 6.07) is 12.6. The number of halogens is 2. The number of carbonyl (C=O) groups excluding carboxylic acids is 1. The fourth-order valence-electron chi connectivity index (χ4n) is 1.34. The van der Waals surface area contributed by atoms with E-state index in [1.165, 1.54) is 11.8 Å². The molecule has 1 nitrogen and oxygen atoms in total. The lowest BCUT2D eigenvalue weighted by molar-refractivity contribution is 0.112. The van der Waals surface area contributed by atoms with Crippen LogP contribution in [0.4, 0.5) is 0 Å². The zero-order chi connectivity index (χ0) is 12.3. The standard InChI is InChI=1S/C13H8Cl2OS/c14-10-5-6-11(15)13(7-10)17-12-4-2-1-3-9(12)8-16/h1-8H. The Morgan fingerprint density at radius 1 is 1.00 bits per heavy atom. The minimum Gasteiger partial charge on any atom is -0.298 e. The molecule has 0 N–H and O–H groups in total. The van der Waals surface area contributed by atoms with Crippen LogP contribution < -0.4 is 0 Å². The van der Waals surface area contributed by atoms with Gasteiger partial charge in [-0.05, 0) is 24.3 Å². The van der Waals surface area contributed by atoms with Crippen LogP contribution in [0.3, 0.4) is 0 Å². The van der Waals surface area contributed by atoms with Crippen molar-refractivity contribution in [3.8, 4) is 0 Å². The lowest BCUT2D eigenvalue weighted by atomic mass is 10.2. The summed E-state index contributed by atoms with van der Waals surface area (Å²) in [7, 11) is 0. The molecule has 0 unspecified atom stereocenters. The second-order valence-electron chi connectivity index (χ2n) is 3.33. The Labute approximate surface area is 114 Å². The van der Waals surface area contributed by atoms with E-state index in [4.69, 9.17) is 23.2 Å². The highest BCUT2D eigenvalue weighted by Gasteiger charge is 2.07. The van der Waals surface area contributed by atoms with Crippen LogP contribution in [0.5, 0.6) is 0 Å². The van der Waals surface area contributed by atoms with Crippen molar-refractivity contribution in [1.82, 2.24) is 0 Å². The summed E-state index contributed by atoms with van der Waals surface area (Å²) in [5.74, 6) is 0. The number of rotatable bonds is 3. The zero-order valence-corrected chi connectivity index (χ0v) is 11.0. The van der Waals surface area contributed by atoms with Crippen molar-refractivity contribution >= 4 is 41.2 Å². The molecule has 0 heterocycles. The minimum absolute atomic E-state index is 0.625. The Kier molecular flexibility index (Phi) is 4.11. The molecule has 0 aliphatic heterocycles. The molecule has 0 amide bonds. The molecule has 0 spiro atoms. The lowest BCUT2D eigenvalue weighted by Crippen LogP contribution is -1.84. The molecule has 0 aliphatic rings. The monoisotopic (exact) mass is 282 g/mol. The fraction of sp³-hybridized carbons (Fsp3) is 0. The van der Waals surface area contributed by atoms with Crippen molar-refractivity contribution in [1.29, 1.82) is 0 Å². The van der Waals surface area contributed by atoms with E-state index in [9.17, 15) is 4.79 Å². The molecule has 0 saturated carbocycles. The van der Waals surface area contributed by atoms with E-state index in [0.29, 0.717) is 15.6 Å². The van der Waals surface area contributed by atoms with Crippen LogP contribution in [0.25, 0.3) is 0 Å². The number of benzene rings is 2. The molecule has 0 bridgehead atoms. The topological polar surface area (TPSA) is 17.1 Å². The van der Waals surface area contributed by atoms with E-state index in [0.717, 1.165) is 16.1 Å². The van der Waals surface area contributed by atoms with Gasteiger partial charge >= 0.3 is 0 Å². The SMILES string of the molecule is O=Cc1ccccc1Sc1cc(Cl)ccc1Cl. The van der Waals surface area contributed by atoms with Crippen molar-refractivity contribution < 1.29 is 4.79 Å². The van der Waals surface area contributed by atoms with Crippen molar-refractivity contribution in [2.24, 2.45) is 0 Å². The van der Waals surface area contributed by atoms with Crippen LogP contribution in [-0.4, -0.2) is 6.29 Å². The number of carbonyl (C=O) groups is 1. The third-order valence-corrected chi connectivity index (χ3v) is 3.99. The second kappa shape index (κ2) is 5.58. The first-order chi connectivity index (χ1) is 8.20. The van der Waals surface area contributed by atoms with Crippen molar-refractivity contribution in [3.05, 3.63) is 58.1 Å². The molecule has 4 heteroatoms. The first-order valence-corrected chi connectivity index (χ1v) is 6.45. The van der Waals surface area contributed by atoms with E-state index >= 15 is 0 Å². The summed E-state index contributed by atoms with van der Waals surface area (Å²) < 4.78 is 0. The highest BCUT2D eigenvalue weighted by atomic mass is 35.5. The molecule has 17 heavy (non-hydrogen) atoms. The molecular formula is C13H8Cl2OS. The van der Waals surface area contributed by atoms with Gasteiger partial charge in [0.05, 0.1) is 5.02 Å². The zero-order valence-electron chi connectivity index (χ0n) is 8.69. The van der Waals surface area contributed by atoms with Crippen molar-refractivity contribution in [2.45, 2.75) is 9.79 Å². The third-order valence-electron chi connectivity index (χ3n) is 2.16. The van der Waals surface area contributed by atoms with Crippen LogP contribution in [0, 0.1) is 0 Å². The van der Waals surface area contributed by atoms with Crippen molar-refractivity contribution in [3.63, 3.8) is 0 Å². The average molecular weight is 283 g/mol. The Bertz CT molecular complexity index is 555. The number of hydrogen-bond donors (Lipinski definition) is 0. The number of aldehydes is 1.